The molecule has 0 atom stereocenters. The Morgan fingerprint density at radius 3 is 2.65 bits per heavy atom. The van der Waals surface area contributed by atoms with E-state index in [1.54, 1.807) is 7.11 Å². The van der Waals surface area contributed by atoms with Crippen molar-refractivity contribution in [2.24, 2.45) is 0 Å². The van der Waals surface area contributed by atoms with Crippen molar-refractivity contribution in [2.75, 3.05) is 20.3 Å². The van der Waals surface area contributed by atoms with Crippen LogP contribution in [-0.4, -0.2) is 40.4 Å². The maximum atomic E-state index is 5.02. The van der Waals surface area contributed by atoms with E-state index in [-0.39, 0.29) is 0 Å². The fraction of sp³-hybridized carbons (Fsp3) is 0.615. The molecule has 2 heterocycles. The highest BCUT2D eigenvalue weighted by molar-refractivity contribution is 5.25. The molecule has 1 N–H and O–H groups in total. The van der Waals surface area contributed by atoms with Gasteiger partial charge < -0.3 is 10.1 Å². The van der Waals surface area contributed by atoms with Crippen LogP contribution in [0.1, 0.15) is 28.3 Å². The molecule has 0 aromatic carbocycles. The van der Waals surface area contributed by atoms with Gasteiger partial charge in [0.05, 0.1) is 18.8 Å². The summed E-state index contributed by atoms with van der Waals surface area (Å²) in [6.45, 7) is 8.87. The predicted molar refractivity (Wildman–Crippen MR) is 73.4 cm³/mol. The number of aryl methyl sites for hydroxylation is 2. The maximum absolute atomic E-state index is 5.02. The van der Waals surface area contributed by atoms with E-state index in [0.29, 0.717) is 13.2 Å². The molecule has 0 aliphatic rings. The molecule has 0 unspecified atom stereocenters. The van der Waals surface area contributed by atoms with Gasteiger partial charge in [-0.3, -0.25) is 4.68 Å². The lowest BCUT2D eigenvalue weighted by Crippen LogP contribution is -2.19. The number of rotatable bonds is 7. The SMILES string of the molecule is COCCNCc1c(C)nn(Cc2nonc2C)c1C. The van der Waals surface area contributed by atoms with Crippen LogP contribution in [0, 0.1) is 20.8 Å². The van der Waals surface area contributed by atoms with E-state index in [1.165, 1.54) is 5.56 Å². The third-order valence-corrected chi connectivity index (χ3v) is 3.36. The summed E-state index contributed by atoms with van der Waals surface area (Å²) in [6, 6.07) is 0. The van der Waals surface area contributed by atoms with Crippen LogP contribution in [0.4, 0.5) is 0 Å². The molecule has 0 aliphatic carbocycles. The zero-order valence-electron chi connectivity index (χ0n) is 12.4. The molecule has 0 spiro atoms. The molecule has 2 rings (SSSR count). The van der Waals surface area contributed by atoms with E-state index in [1.807, 2.05) is 18.5 Å². The van der Waals surface area contributed by atoms with Gasteiger partial charge in [0.1, 0.15) is 11.4 Å². The Balaban J connectivity index is 2.06. The van der Waals surface area contributed by atoms with Gasteiger partial charge in [0.2, 0.25) is 0 Å². The molecule has 0 aliphatic heterocycles. The van der Waals surface area contributed by atoms with E-state index in [2.05, 4.69) is 27.7 Å². The molecule has 110 valence electrons. The smallest absolute Gasteiger partial charge is 0.129 e. The van der Waals surface area contributed by atoms with E-state index in [0.717, 1.165) is 35.9 Å². The average molecular weight is 279 g/mol. The van der Waals surface area contributed by atoms with Crippen LogP contribution in [0.15, 0.2) is 4.63 Å². The number of aromatic nitrogens is 4. The van der Waals surface area contributed by atoms with Gasteiger partial charge in [-0.1, -0.05) is 10.3 Å². The number of hydrogen-bond donors (Lipinski definition) is 1. The molecule has 0 bridgehead atoms. The van der Waals surface area contributed by atoms with Crippen molar-refractivity contribution in [1.29, 1.82) is 0 Å². The Kier molecular flexibility index (Phi) is 4.86. The number of hydrogen-bond acceptors (Lipinski definition) is 6. The highest BCUT2D eigenvalue weighted by Gasteiger charge is 2.14. The van der Waals surface area contributed by atoms with Gasteiger partial charge in [-0.2, -0.15) is 5.10 Å². The molecular weight excluding hydrogens is 258 g/mol. The number of methoxy groups -OCH3 is 1. The quantitative estimate of drug-likeness (QED) is 0.761. The highest BCUT2D eigenvalue weighted by atomic mass is 16.6. The molecular formula is C13H21N5O2. The van der Waals surface area contributed by atoms with Crippen molar-refractivity contribution in [3.05, 3.63) is 28.3 Å². The molecule has 0 fully saturated rings. The van der Waals surface area contributed by atoms with E-state index in [9.17, 15) is 0 Å². The van der Waals surface area contributed by atoms with E-state index >= 15 is 0 Å². The molecule has 2 aromatic rings. The monoisotopic (exact) mass is 279 g/mol. The van der Waals surface area contributed by atoms with Crippen LogP contribution < -0.4 is 5.32 Å². The molecule has 0 saturated heterocycles. The second-order valence-electron chi connectivity index (χ2n) is 4.77. The first-order valence-electron chi connectivity index (χ1n) is 6.64. The molecule has 0 radical (unpaired) electrons. The minimum atomic E-state index is 0.583. The predicted octanol–water partition coefficient (Wildman–Crippen LogP) is 0.976. The van der Waals surface area contributed by atoms with Crippen molar-refractivity contribution in [2.45, 2.75) is 33.9 Å². The molecule has 0 saturated carbocycles. The standard InChI is InChI=1S/C13H21N5O2/c1-9-12(7-14-5-6-19-4)11(3)18(15-9)8-13-10(2)16-20-17-13/h14H,5-8H2,1-4H3. The van der Waals surface area contributed by atoms with Gasteiger partial charge in [-0.05, 0) is 20.8 Å². The van der Waals surface area contributed by atoms with Crippen LogP contribution >= 0.6 is 0 Å². The summed E-state index contributed by atoms with van der Waals surface area (Å²) < 4.78 is 11.7. The minimum Gasteiger partial charge on any atom is -0.383 e. The first-order valence-corrected chi connectivity index (χ1v) is 6.64. The normalized spacial score (nSPS) is 11.2. The maximum Gasteiger partial charge on any atom is 0.129 e. The molecule has 2 aromatic heterocycles. The van der Waals surface area contributed by atoms with Crippen LogP contribution in [0.5, 0.6) is 0 Å². The topological polar surface area (TPSA) is 78.0 Å². The zero-order chi connectivity index (χ0) is 14.5. The number of nitrogens with zero attached hydrogens (tertiary/aromatic N) is 4. The summed E-state index contributed by atoms with van der Waals surface area (Å²) in [7, 11) is 1.70. The average Bonchev–Trinajstić information content (AvgIpc) is 2.93. The van der Waals surface area contributed by atoms with Crippen LogP contribution in [0.3, 0.4) is 0 Å². The van der Waals surface area contributed by atoms with E-state index < -0.39 is 0 Å². The van der Waals surface area contributed by atoms with Crippen molar-refractivity contribution < 1.29 is 9.37 Å². The van der Waals surface area contributed by atoms with Crippen LogP contribution in [-0.2, 0) is 17.8 Å². The lowest BCUT2D eigenvalue weighted by Gasteiger charge is -2.05. The zero-order valence-corrected chi connectivity index (χ0v) is 12.4. The molecule has 7 heteroatoms. The van der Waals surface area contributed by atoms with Gasteiger partial charge >= 0.3 is 0 Å². The largest absolute Gasteiger partial charge is 0.383 e. The van der Waals surface area contributed by atoms with Crippen molar-refractivity contribution in [3.63, 3.8) is 0 Å². The van der Waals surface area contributed by atoms with Crippen LogP contribution in [0.25, 0.3) is 0 Å². The second kappa shape index (κ2) is 6.62. The summed E-state index contributed by atoms with van der Waals surface area (Å²) in [4.78, 5) is 0. The number of nitrogens with one attached hydrogen (secondary N) is 1. The summed E-state index contributed by atoms with van der Waals surface area (Å²) in [5, 5.41) is 15.6. The summed E-state index contributed by atoms with van der Waals surface area (Å²) >= 11 is 0. The van der Waals surface area contributed by atoms with Gasteiger partial charge in [-0.25, -0.2) is 4.63 Å². The van der Waals surface area contributed by atoms with E-state index in [4.69, 9.17) is 9.37 Å². The Bertz CT molecular complexity index is 561. The lowest BCUT2D eigenvalue weighted by molar-refractivity contribution is 0.199. The fourth-order valence-corrected chi connectivity index (χ4v) is 2.07. The Morgan fingerprint density at radius 1 is 1.20 bits per heavy atom. The lowest BCUT2D eigenvalue weighted by atomic mass is 10.2. The Morgan fingerprint density at radius 2 is 2.00 bits per heavy atom. The molecule has 20 heavy (non-hydrogen) atoms. The Hall–Kier alpha value is -1.73. The fourth-order valence-electron chi connectivity index (χ4n) is 2.07. The van der Waals surface area contributed by atoms with Crippen molar-refractivity contribution >= 4 is 0 Å². The van der Waals surface area contributed by atoms with Crippen LogP contribution in [0.2, 0.25) is 0 Å². The first kappa shape index (κ1) is 14.7. The highest BCUT2D eigenvalue weighted by Crippen LogP contribution is 2.14. The Labute approximate surface area is 118 Å². The summed E-state index contributed by atoms with van der Waals surface area (Å²) in [6.07, 6.45) is 0. The minimum absolute atomic E-state index is 0.583. The first-order chi connectivity index (χ1) is 9.63. The second-order valence-corrected chi connectivity index (χ2v) is 4.77. The van der Waals surface area contributed by atoms with Crippen molar-refractivity contribution in [3.8, 4) is 0 Å². The summed E-state index contributed by atoms with van der Waals surface area (Å²) in [5.74, 6) is 0. The third-order valence-electron chi connectivity index (χ3n) is 3.36. The van der Waals surface area contributed by atoms with Gasteiger partial charge in [-0.15, -0.1) is 0 Å². The molecule has 0 amide bonds. The van der Waals surface area contributed by atoms with Gasteiger partial charge in [0.25, 0.3) is 0 Å². The molecule has 7 nitrogen and oxygen atoms in total. The number of ether oxygens (including phenoxy) is 1. The van der Waals surface area contributed by atoms with Gasteiger partial charge in [0, 0.05) is 31.5 Å². The third kappa shape index (κ3) is 3.23. The van der Waals surface area contributed by atoms with Crippen molar-refractivity contribution in [1.82, 2.24) is 25.4 Å². The summed E-state index contributed by atoms with van der Waals surface area (Å²) in [5.41, 5.74) is 5.00. The van der Waals surface area contributed by atoms with Gasteiger partial charge in [0.15, 0.2) is 0 Å².